The van der Waals surface area contributed by atoms with Gasteiger partial charge in [0.05, 0.1) is 9.82 Å². The maximum Gasteiger partial charge on any atom is 0.310 e. The number of hydrogen-bond acceptors (Lipinski definition) is 5. The molecule has 0 atom stereocenters. The Kier molecular flexibility index (Phi) is 2.43. The van der Waals surface area contributed by atoms with Crippen LogP contribution in [0, 0.1) is 10.1 Å². The first-order valence-electron chi connectivity index (χ1n) is 3.50. The van der Waals surface area contributed by atoms with Gasteiger partial charge < -0.3 is 5.11 Å². The second kappa shape index (κ2) is 3.26. The number of phenols is 1. The first kappa shape index (κ1) is 10.5. The highest BCUT2D eigenvalue weighted by Crippen LogP contribution is 2.27. The minimum absolute atomic E-state index is 0.152. The highest BCUT2D eigenvalue weighted by molar-refractivity contribution is 7.90. The fourth-order valence-electron chi connectivity index (χ4n) is 0.888. The molecule has 1 aromatic carbocycles. The van der Waals surface area contributed by atoms with Gasteiger partial charge in [0.1, 0.15) is 0 Å². The number of nitro groups is 1. The molecule has 0 saturated carbocycles. The molecule has 0 amide bonds. The standard InChI is InChI=1S/C7H7NO5S/c1-14(12,13)5-2-3-6(8(10)11)7(9)4-5/h2-4,9H,1H3. The molecule has 1 rings (SSSR count). The van der Waals surface area contributed by atoms with E-state index in [4.69, 9.17) is 5.11 Å². The van der Waals surface area contributed by atoms with Crippen LogP contribution in [0.15, 0.2) is 23.1 Å². The van der Waals surface area contributed by atoms with E-state index in [9.17, 15) is 18.5 Å². The van der Waals surface area contributed by atoms with Crippen molar-refractivity contribution in [2.24, 2.45) is 0 Å². The van der Waals surface area contributed by atoms with Crippen LogP contribution in [0.1, 0.15) is 0 Å². The lowest BCUT2D eigenvalue weighted by molar-refractivity contribution is -0.385. The summed E-state index contributed by atoms with van der Waals surface area (Å²) in [4.78, 5) is 9.34. The second-order valence-electron chi connectivity index (χ2n) is 2.68. The molecule has 6 nitrogen and oxygen atoms in total. The topological polar surface area (TPSA) is 97.5 Å². The summed E-state index contributed by atoms with van der Waals surface area (Å²) in [5.74, 6) is -0.655. The molecule has 0 fully saturated rings. The number of aromatic hydroxyl groups is 1. The summed E-state index contributed by atoms with van der Waals surface area (Å²) in [5.41, 5.74) is -0.516. The molecule has 0 aliphatic carbocycles. The lowest BCUT2D eigenvalue weighted by Gasteiger charge is -1.99. The van der Waals surface area contributed by atoms with Crippen molar-refractivity contribution in [2.75, 3.05) is 6.26 Å². The summed E-state index contributed by atoms with van der Waals surface area (Å²) in [6.45, 7) is 0. The maximum absolute atomic E-state index is 11.0. The van der Waals surface area contributed by atoms with E-state index in [-0.39, 0.29) is 4.90 Å². The third-order valence-electron chi connectivity index (χ3n) is 1.57. The smallest absolute Gasteiger partial charge is 0.310 e. The largest absolute Gasteiger partial charge is 0.502 e. The Hall–Kier alpha value is -1.63. The number of benzene rings is 1. The first-order chi connectivity index (χ1) is 6.32. The van der Waals surface area contributed by atoms with Crippen LogP contribution in [-0.2, 0) is 9.84 Å². The molecule has 14 heavy (non-hydrogen) atoms. The van der Waals surface area contributed by atoms with Gasteiger partial charge >= 0.3 is 5.69 Å². The number of rotatable bonds is 2. The van der Waals surface area contributed by atoms with Crippen LogP contribution in [0.4, 0.5) is 5.69 Å². The molecule has 0 saturated heterocycles. The van der Waals surface area contributed by atoms with Crippen molar-refractivity contribution in [3.63, 3.8) is 0 Å². The number of nitrogens with zero attached hydrogens (tertiary/aromatic N) is 1. The van der Waals surface area contributed by atoms with Crippen LogP contribution < -0.4 is 0 Å². The van der Waals surface area contributed by atoms with Crippen molar-refractivity contribution < 1.29 is 18.4 Å². The van der Waals surface area contributed by atoms with Gasteiger partial charge in [0.2, 0.25) is 0 Å². The Labute approximate surface area is 79.9 Å². The third kappa shape index (κ3) is 1.99. The van der Waals surface area contributed by atoms with Gasteiger partial charge in [-0.2, -0.15) is 0 Å². The van der Waals surface area contributed by atoms with Crippen molar-refractivity contribution >= 4 is 15.5 Å². The van der Waals surface area contributed by atoms with Crippen LogP contribution >= 0.6 is 0 Å². The summed E-state index contributed by atoms with van der Waals surface area (Å²) < 4.78 is 22.0. The van der Waals surface area contributed by atoms with Crippen LogP contribution in [-0.4, -0.2) is 24.7 Å². The van der Waals surface area contributed by atoms with E-state index in [1.165, 1.54) is 0 Å². The summed E-state index contributed by atoms with van der Waals surface area (Å²) in [5, 5.41) is 19.4. The Morgan fingerprint density at radius 1 is 1.43 bits per heavy atom. The fraction of sp³-hybridized carbons (Fsp3) is 0.143. The lowest BCUT2D eigenvalue weighted by Crippen LogP contribution is -1.97. The summed E-state index contributed by atoms with van der Waals surface area (Å²) in [7, 11) is -3.45. The minimum atomic E-state index is -3.45. The lowest BCUT2D eigenvalue weighted by atomic mass is 10.3. The zero-order valence-electron chi connectivity index (χ0n) is 7.17. The first-order valence-corrected chi connectivity index (χ1v) is 5.39. The highest BCUT2D eigenvalue weighted by Gasteiger charge is 2.16. The summed E-state index contributed by atoms with van der Waals surface area (Å²) >= 11 is 0. The minimum Gasteiger partial charge on any atom is -0.502 e. The Bertz CT molecular complexity index is 479. The molecule has 1 N–H and O–H groups in total. The zero-order valence-corrected chi connectivity index (χ0v) is 7.98. The van der Waals surface area contributed by atoms with Crippen molar-refractivity contribution in [2.45, 2.75) is 4.90 Å². The predicted molar refractivity (Wildman–Crippen MR) is 47.9 cm³/mol. The molecule has 0 spiro atoms. The fourth-order valence-corrected chi connectivity index (χ4v) is 1.53. The van der Waals surface area contributed by atoms with Gasteiger partial charge in [0, 0.05) is 18.4 Å². The zero-order chi connectivity index (χ0) is 10.9. The third-order valence-corrected chi connectivity index (χ3v) is 2.68. The van der Waals surface area contributed by atoms with E-state index in [2.05, 4.69) is 0 Å². The summed E-state index contributed by atoms with van der Waals surface area (Å²) in [6.07, 6.45) is 0.952. The van der Waals surface area contributed by atoms with E-state index in [1.54, 1.807) is 0 Å². The van der Waals surface area contributed by atoms with Gasteiger partial charge in [-0.15, -0.1) is 0 Å². The normalized spacial score (nSPS) is 11.2. The molecular weight excluding hydrogens is 210 g/mol. The van der Waals surface area contributed by atoms with Crippen molar-refractivity contribution in [1.29, 1.82) is 0 Å². The average molecular weight is 217 g/mol. The Morgan fingerprint density at radius 3 is 2.36 bits per heavy atom. The van der Waals surface area contributed by atoms with Crippen molar-refractivity contribution in [3.05, 3.63) is 28.3 Å². The Balaban J connectivity index is 3.34. The number of nitro benzene ring substituents is 1. The predicted octanol–water partition coefficient (Wildman–Crippen LogP) is 0.704. The van der Waals surface area contributed by atoms with Gasteiger partial charge in [-0.3, -0.25) is 10.1 Å². The molecule has 1 aromatic rings. The quantitative estimate of drug-likeness (QED) is 0.581. The van der Waals surface area contributed by atoms with Gasteiger partial charge in [0.25, 0.3) is 0 Å². The van der Waals surface area contributed by atoms with Gasteiger partial charge in [-0.05, 0) is 6.07 Å². The molecule has 0 aliphatic rings. The van der Waals surface area contributed by atoms with Crippen molar-refractivity contribution in [3.8, 4) is 5.75 Å². The SMILES string of the molecule is CS(=O)(=O)c1ccc([N+](=O)[O-])c(O)c1. The van der Waals surface area contributed by atoms with Crippen LogP contribution in [0.5, 0.6) is 5.75 Å². The van der Waals surface area contributed by atoms with Gasteiger partial charge in [-0.1, -0.05) is 0 Å². The van der Waals surface area contributed by atoms with Crippen LogP contribution in [0.3, 0.4) is 0 Å². The second-order valence-corrected chi connectivity index (χ2v) is 4.70. The molecule has 76 valence electrons. The Morgan fingerprint density at radius 2 is 2.00 bits per heavy atom. The van der Waals surface area contributed by atoms with E-state index in [0.717, 1.165) is 24.5 Å². The molecule has 7 heteroatoms. The van der Waals surface area contributed by atoms with E-state index >= 15 is 0 Å². The summed E-state index contributed by atoms with van der Waals surface area (Å²) in [6, 6.07) is 2.88. The molecule has 0 aromatic heterocycles. The molecule has 0 aliphatic heterocycles. The maximum atomic E-state index is 11.0. The molecule has 0 bridgehead atoms. The molecule has 0 heterocycles. The monoisotopic (exact) mass is 217 g/mol. The number of phenolic OH excluding ortho intramolecular Hbond substituents is 1. The van der Waals surface area contributed by atoms with Crippen molar-refractivity contribution in [1.82, 2.24) is 0 Å². The molecular formula is C7H7NO5S. The molecule has 0 radical (unpaired) electrons. The van der Waals surface area contributed by atoms with Crippen LogP contribution in [0.2, 0.25) is 0 Å². The van der Waals surface area contributed by atoms with Crippen LogP contribution in [0.25, 0.3) is 0 Å². The van der Waals surface area contributed by atoms with Gasteiger partial charge in [-0.25, -0.2) is 8.42 Å². The van der Waals surface area contributed by atoms with E-state index < -0.39 is 26.2 Å². The van der Waals surface area contributed by atoms with E-state index in [1.807, 2.05) is 0 Å². The number of sulfone groups is 1. The highest BCUT2D eigenvalue weighted by atomic mass is 32.2. The molecule has 0 unspecified atom stereocenters. The number of hydrogen-bond donors (Lipinski definition) is 1. The average Bonchev–Trinajstić information content (AvgIpc) is 2.01. The van der Waals surface area contributed by atoms with Gasteiger partial charge in [0.15, 0.2) is 15.6 Å². The van der Waals surface area contributed by atoms with E-state index in [0.29, 0.717) is 0 Å².